The highest BCUT2D eigenvalue weighted by Gasteiger charge is 2.12. The van der Waals surface area contributed by atoms with Crippen molar-refractivity contribution in [1.29, 1.82) is 0 Å². The average molecular weight is 191 g/mol. The first-order valence-electron chi connectivity index (χ1n) is 4.58. The van der Waals surface area contributed by atoms with E-state index in [1.807, 2.05) is 31.3 Å². The van der Waals surface area contributed by atoms with E-state index < -0.39 is 6.10 Å². The third-order valence-electron chi connectivity index (χ3n) is 2.22. The predicted octanol–water partition coefficient (Wildman–Crippen LogP) is 0.816. The van der Waals surface area contributed by atoms with Crippen LogP contribution in [-0.2, 0) is 0 Å². The fraction of sp³-hybridized carbons (Fsp3) is 0.300. The van der Waals surface area contributed by atoms with Gasteiger partial charge in [-0.25, -0.2) is 0 Å². The first-order chi connectivity index (χ1) is 6.83. The molecule has 0 fully saturated rings. The molecular formula is C10H13N3O. The summed E-state index contributed by atoms with van der Waals surface area (Å²) in [5, 5.41) is 20.6. The number of aromatic amines is 1. The van der Waals surface area contributed by atoms with E-state index in [4.69, 9.17) is 0 Å². The molecule has 2 aromatic rings. The summed E-state index contributed by atoms with van der Waals surface area (Å²) in [7, 11) is 1.81. The lowest BCUT2D eigenvalue weighted by Crippen LogP contribution is -2.17. The molecule has 0 radical (unpaired) electrons. The molecule has 4 nitrogen and oxygen atoms in total. The molecule has 14 heavy (non-hydrogen) atoms. The first kappa shape index (κ1) is 9.18. The topological polar surface area (TPSA) is 60.9 Å². The Bertz CT molecular complexity index is 424. The molecule has 0 aliphatic rings. The van der Waals surface area contributed by atoms with E-state index >= 15 is 0 Å². The van der Waals surface area contributed by atoms with E-state index in [1.54, 1.807) is 0 Å². The second-order valence-electron chi connectivity index (χ2n) is 3.23. The minimum atomic E-state index is -0.535. The Kier molecular flexibility index (Phi) is 2.47. The summed E-state index contributed by atoms with van der Waals surface area (Å²) < 4.78 is 0. The molecule has 74 valence electrons. The molecule has 0 aliphatic heterocycles. The highest BCUT2D eigenvalue weighted by atomic mass is 16.3. The second kappa shape index (κ2) is 3.77. The number of hydrogen-bond donors (Lipinski definition) is 3. The minimum absolute atomic E-state index is 0.520. The lowest BCUT2D eigenvalue weighted by atomic mass is 10.1. The van der Waals surface area contributed by atoms with Crippen LogP contribution in [0.25, 0.3) is 10.9 Å². The molecule has 1 unspecified atom stereocenters. The van der Waals surface area contributed by atoms with Crippen LogP contribution in [0.15, 0.2) is 24.3 Å². The van der Waals surface area contributed by atoms with Gasteiger partial charge in [-0.1, -0.05) is 18.2 Å². The Labute approximate surface area is 81.9 Å². The molecule has 0 saturated carbocycles. The summed E-state index contributed by atoms with van der Waals surface area (Å²) in [6, 6.07) is 7.74. The fourth-order valence-electron chi connectivity index (χ4n) is 1.53. The van der Waals surface area contributed by atoms with Crippen LogP contribution in [-0.4, -0.2) is 28.9 Å². The third-order valence-corrected chi connectivity index (χ3v) is 2.22. The van der Waals surface area contributed by atoms with Crippen LogP contribution in [0, 0.1) is 0 Å². The van der Waals surface area contributed by atoms with E-state index in [2.05, 4.69) is 15.5 Å². The number of rotatable bonds is 3. The van der Waals surface area contributed by atoms with Crippen LogP contribution >= 0.6 is 0 Å². The zero-order valence-electron chi connectivity index (χ0n) is 7.99. The third kappa shape index (κ3) is 1.49. The van der Waals surface area contributed by atoms with Crippen LogP contribution in [0.1, 0.15) is 11.8 Å². The highest BCUT2D eigenvalue weighted by molar-refractivity contribution is 5.81. The van der Waals surface area contributed by atoms with Crippen molar-refractivity contribution in [2.75, 3.05) is 13.6 Å². The van der Waals surface area contributed by atoms with Crippen LogP contribution < -0.4 is 5.32 Å². The number of hydrogen-bond acceptors (Lipinski definition) is 3. The summed E-state index contributed by atoms with van der Waals surface area (Å²) in [6.45, 7) is 0.520. The Balaban J connectivity index is 2.42. The van der Waals surface area contributed by atoms with Crippen molar-refractivity contribution in [3.63, 3.8) is 0 Å². The van der Waals surface area contributed by atoms with E-state index in [1.165, 1.54) is 0 Å². The zero-order valence-corrected chi connectivity index (χ0v) is 7.99. The lowest BCUT2D eigenvalue weighted by molar-refractivity contribution is 0.174. The molecule has 2 rings (SSSR count). The summed E-state index contributed by atoms with van der Waals surface area (Å²) >= 11 is 0. The second-order valence-corrected chi connectivity index (χ2v) is 3.23. The van der Waals surface area contributed by atoms with Crippen molar-refractivity contribution in [2.24, 2.45) is 0 Å². The van der Waals surface area contributed by atoms with Gasteiger partial charge in [-0.05, 0) is 13.1 Å². The molecule has 1 heterocycles. The van der Waals surface area contributed by atoms with E-state index in [-0.39, 0.29) is 0 Å². The number of H-pyrrole nitrogens is 1. The summed E-state index contributed by atoms with van der Waals surface area (Å²) in [5.41, 5.74) is 1.66. The maximum absolute atomic E-state index is 9.77. The quantitative estimate of drug-likeness (QED) is 0.673. The van der Waals surface area contributed by atoms with Crippen molar-refractivity contribution < 1.29 is 5.11 Å². The molecule has 1 atom stereocenters. The monoisotopic (exact) mass is 191 g/mol. The normalized spacial score (nSPS) is 13.3. The fourth-order valence-corrected chi connectivity index (χ4v) is 1.53. The molecule has 0 amide bonds. The van der Waals surface area contributed by atoms with Crippen molar-refractivity contribution in [2.45, 2.75) is 6.10 Å². The summed E-state index contributed by atoms with van der Waals surface area (Å²) in [5.74, 6) is 0. The van der Waals surface area contributed by atoms with E-state index in [9.17, 15) is 5.11 Å². The van der Waals surface area contributed by atoms with Gasteiger partial charge < -0.3 is 10.4 Å². The van der Waals surface area contributed by atoms with Crippen molar-refractivity contribution in [1.82, 2.24) is 15.5 Å². The molecular weight excluding hydrogens is 178 g/mol. The first-order valence-corrected chi connectivity index (χ1v) is 4.58. The minimum Gasteiger partial charge on any atom is -0.385 e. The number of likely N-dealkylation sites (N-methyl/N-ethyl adjacent to an activating group) is 1. The molecule has 0 aliphatic carbocycles. The predicted molar refractivity (Wildman–Crippen MR) is 55.0 cm³/mol. The van der Waals surface area contributed by atoms with Crippen LogP contribution in [0.4, 0.5) is 0 Å². The number of aliphatic hydroxyl groups is 1. The van der Waals surface area contributed by atoms with Gasteiger partial charge in [0.2, 0.25) is 0 Å². The van der Waals surface area contributed by atoms with Gasteiger partial charge in [-0.15, -0.1) is 0 Å². The number of para-hydroxylation sites is 1. The van der Waals surface area contributed by atoms with Gasteiger partial charge in [-0.2, -0.15) is 5.10 Å². The Morgan fingerprint density at radius 3 is 3.07 bits per heavy atom. The molecule has 1 aromatic carbocycles. The van der Waals surface area contributed by atoms with E-state index in [0.717, 1.165) is 16.6 Å². The van der Waals surface area contributed by atoms with Gasteiger partial charge in [0.05, 0.1) is 11.2 Å². The standard InChI is InChI=1S/C10H13N3O/c1-11-6-9(14)10-7-4-2-3-5-8(7)12-13-10/h2-5,9,11,14H,6H2,1H3,(H,12,13). The van der Waals surface area contributed by atoms with Gasteiger partial charge in [0.1, 0.15) is 6.10 Å². The number of benzene rings is 1. The van der Waals surface area contributed by atoms with Gasteiger partial charge in [-0.3, -0.25) is 5.10 Å². The van der Waals surface area contributed by atoms with Crippen LogP contribution in [0.2, 0.25) is 0 Å². The van der Waals surface area contributed by atoms with E-state index in [0.29, 0.717) is 6.54 Å². The Morgan fingerprint density at radius 1 is 1.50 bits per heavy atom. The largest absolute Gasteiger partial charge is 0.385 e. The zero-order chi connectivity index (χ0) is 9.97. The van der Waals surface area contributed by atoms with Gasteiger partial charge >= 0.3 is 0 Å². The van der Waals surface area contributed by atoms with Crippen molar-refractivity contribution >= 4 is 10.9 Å². The maximum Gasteiger partial charge on any atom is 0.108 e. The Hall–Kier alpha value is -1.39. The average Bonchev–Trinajstić information content (AvgIpc) is 2.61. The number of fused-ring (bicyclic) bond motifs is 1. The van der Waals surface area contributed by atoms with Gasteiger partial charge in [0.15, 0.2) is 0 Å². The molecule has 0 bridgehead atoms. The maximum atomic E-state index is 9.77. The number of nitrogens with zero attached hydrogens (tertiary/aromatic N) is 1. The number of aromatic nitrogens is 2. The van der Waals surface area contributed by atoms with Crippen molar-refractivity contribution in [3.8, 4) is 0 Å². The molecule has 1 aromatic heterocycles. The molecule has 0 spiro atoms. The van der Waals surface area contributed by atoms with Crippen LogP contribution in [0.5, 0.6) is 0 Å². The summed E-state index contributed by atoms with van der Waals surface area (Å²) in [4.78, 5) is 0. The summed E-state index contributed by atoms with van der Waals surface area (Å²) in [6.07, 6.45) is -0.535. The number of nitrogens with one attached hydrogen (secondary N) is 2. The lowest BCUT2D eigenvalue weighted by Gasteiger charge is -2.07. The van der Waals surface area contributed by atoms with Gasteiger partial charge in [0.25, 0.3) is 0 Å². The molecule has 0 saturated heterocycles. The van der Waals surface area contributed by atoms with Crippen LogP contribution in [0.3, 0.4) is 0 Å². The van der Waals surface area contributed by atoms with Gasteiger partial charge in [0, 0.05) is 11.9 Å². The molecule has 4 heteroatoms. The Morgan fingerprint density at radius 2 is 2.29 bits per heavy atom. The van der Waals surface area contributed by atoms with Crippen molar-refractivity contribution in [3.05, 3.63) is 30.0 Å². The highest BCUT2D eigenvalue weighted by Crippen LogP contribution is 2.20. The smallest absolute Gasteiger partial charge is 0.108 e. The number of aliphatic hydroxyl groups excluding tert-OH is 1. The SMILES string of the molecule is CNCC(O)c1[nH]nc2ccccc12. The molecule has 3 N–H and O–H groups in total.